The number of aliphatic hydroxyl groups excluding tert-OH is 1. The van der Waals surface area contributed by atoms with Gasteiger partial charge in [0.15, 0.2) is 0 Å². The van der Waals surface area contributed by atoms with Crippen LogP contribution >= 0.6 is 0 Å². The topological polar surface area (TPSA) is 37.3 Å². The molecule has 0 aliphatic carbocycles. The van der Waals surface area contributed by atoms with Gasteiger partial charge >= 0.3 is 0 Å². The Morgan fingerprint density at radius 1 is 1.25 bits per heavy atom. The average Bonchev–Trinajstić information content (AvgIpc) is 2.17. The van der Waals surface area contributed by atoms with Gasteiger partial charge in [-0.3, -0.25) is 4.79 Å². The van der Waals surface area contributed by atoms with Crippen LogP contribution in [0.5, 0.6) is 0 Å². The fourth-order valence-corrected chi connectivity index (χ4v) is 1.48. The highest BCUT2D eigenvalue weighted by molar-refractivity contribution is 5.84. The molecule has 0 saturated heterocycles. The van der Waals surface area contributed by atoms with Gasteiger partial charge in [-0.05, 0) is 12.0 Å². The second kappa shape index (κ2) is 5.26. The van der Waals surface area contributed by atoms with Crippen LogP contribution in [0.2, 0.25) is 0 Å². The number of hydrogen-bond donors (Lipinski definition) is 1. The number of Topliss-reactive ketones (excluding diaryl/α,β-unsaturated/α-hetero) is 1. The molecule has 0 fully saturated rings. The maximum Gasteiger partial charge on any atom is 0.140 e. The lowest BCUT2D eigenvalue weighted by molar-refractivity contribution is -0.128. The van der Waals surface area contributed by atoms with Gasteiger partial charge in [-0.25, -0.2) is 0 Å². The molecule has 1 unspecified atom stereocenters. The van der Waals surface area contributed by atoms with E-state index < -0.39 is 6.10 Å². The number of hydrogen-bond acceptors (Lipinski definition) is 2. The van der Waals surface area contributed by atoms with E-state index >= 15 is 0 Å². The van der Waals surface area contributed by atoms with E-state index in [0.717, 1.165) is 5.56 Å². The molecule has 88 valence electrons. The van der Waals surface area contributed by atoms with Gasteiger partial charge in [0.25, 0.3) is 0 Å². The van der Waals surface area contributed by atoms with Crippen LogP contribution < -0.4 is 0 Å². The number of carbonyl (C=O) groups excluding carboxylic acids is 1. The first kappa shape index (κ1) is 12.9. The van der Waals surface area contributed by atoms with E-state index in [1.54, 1.807) is 0 Å². The van der Waals surface area contributed by atoms with Crippen molar-refractivity contribution in [1.82, 2.24) is 0 Å². The van der Waals surface area contributed by atoms with Crippen molar-refractivity contribution in [2.75, 3.05) is 0 Å². The molecule has 0 aliphatic heterocycles. The van der Waals surface area contributed by atoms with Crippen molar-refractivity contribution in [2.45, 2.75) is 39.7 Å². The molecule has 0 saturated carbocycles. The third-order valence-corrected chi connectivity index (χ3v) is 2.57. The quantitative estimate of drug-likeness (QED) is 0.846. The Morgan fingerprint density at radius 2 is 1.81 bits per heavy atom. The summed E-state index contributed by atoms with van der Waals surface area (Å²) in [5.74, 6) is 0.107. The molecule has 0 amide bonds. The zero-order chi connectivity index (χ0) is 12.2. The van der Waals surface area contributed by atoms with Crippen LogP contribution in [0.4, 0.5) is 0 Å². The molecular weight excluding hydrogens is 200 g/mol. The summed E-state index contributed by atoms with van der Waals surface area (Å²) in [4.78, 5) is 11.7. The summed E-state index contributed by atoms with van der Waals surface area (Å²) < 4.78 is 0. The van der Waals surface area contributed by atoms with Crippen LogP contribution in [0.3, 0.4) is 0 Å². The van der Waals surface area contributed by atoms with Crippen LogP contribution in [0.15, 0.2) is 30.3 Å². The van der Waals surface area contributed by atoms with Crippen LogP contribution in [-0.2, 0) is 11.2 Å². The summed E-state index contributed by atoms with van der Waals surface area (Å²) in [7, 11) is 0. The second-order valence-electron chi connectivity index (χ2n) is 5.22. The Kier molecular flexibility index (Phi) is 4.25. The fraction of sp³-hybridized carbons (Fsp3) is 0.500. The molecule has 2 nitrogen and oxygen atoms in total. The minimum absolute atomic E-state index is 0.107. The van der Waals surface area contributed by atoms with Crippen LogP contribution in [0.25, 0.3) is 0 Å². The summed E-state index contributed by atoms with van der Waals surface area (Å²) in [5, 5.41) is 9.82. The van der Waals surface area contributed by atoms with Gasteiger partial charge in [-0.15, -0.1) is 0 Å². The maximum absolute atomic E-state index is 11.7. The van der Waals surface area contributed by atoms with E-state index in [1.165, 1.54) is 0 Å². The predicted molar refractivity (Wildman–Crippen MR) is 65.2 cm³/mol. The first-order valence-corrected chi connectivity index (χ1v) is 5.65. The van der Waals surface area contributed by atoms with Crippen LogP contribution in [0.1, 0.15) is 32.8 Å². The lowest BCUT2D eigenvalue weighted by atomic mass is 9.87. The van der Waals surface area contributed by atoms with Gasteiger partial charge in [0.05, 0.1) is 6.10 Å². The molecule has 1 rings (SSSR count). The minimum Gasteiger partial charge on any atom is -0.392 e. The van der Waals surface area contributed by atoms with E-state index in [4.69, 9.17) is 0 Å². The van der Waals surface area contributed by atoms with Gasteiger partial charge in [-0.2, -0.15) is 0 Å². The number of ketones is 1. The fourth-order valence-electron chi connectivity index (χ4n) is 1.48. The third kappa shape index (κ3) is 4.15. The number of aliphatic hydroxyl groups is 1. The second-order valence-corrected chi connectivity index (χ2v) is 5.22. The van der Waals surface area contributed by atoms with Gasteiger partial charge in [0.2, 0.25) is 0 Å². The van der Waals surface area contributed by atoms with E-state index in [9.17, 15) is 9.90 Å². The van der Waals surface area contributed by atoms with Crippen molar-refractivity contribution in [3.63, 3.8) is 0 Å². The van der Waals surface area contributed by atoms with Crippen LogP contribution in [-0.4, -0.2) is 17.0 Å². The molecule has 1 N–H and O–H groups in total. The molecule has 2 heteroatoms. The van der Waals surface area contributed by atoms with Crippen molar-refractivity contribution >= 4 is 5.78 Å². The third-order valence-electron chi connectivity index (χ3n) is 2.57. The van der Waals surface area contributed by atoms with Crippen molar-refractivity contribution in [2.24, 2.45) is 5.41 Å². The molecule has 16 heavy (non-hydrogen) atoms. The maximum atomic E-state index is 11.7. The number of benzene rings is 1. The van der Waals surface area contributed by atoms with Crippen molar-refractivity contribution in [1.29, 1.82) is 0 Å². The molecule has 1 atom stereocenters. The molecule has 0 bridgehead atoms. The highest BCUT2D eigenvalue weighted by atomic mass is 16.3. The minimum atomic E-state index is -0.575. The van der Waals surface area contributed by atoms with Gasteiger partial charge < -0.3 is 5.11 Å². The summed E-state index contributed by atoms with van der Waals surface area (Å²) in [6.45, 7) is 5.64. The molecule has 0 aliphatic rings. The van der Waals surface area contributed by atoms with Crippen molar-refractivity contribution in [3.8, 4) is 0 Å². The Labute approximate surface area is 97.3 Å². The summed E-state index contributed by atoms with van der Waals surface area (Å²) in [6, 6.07) is 9.74. The zero-order valence-electron chi connectivity index (χ0n) is 10.2. The lowest BCUT2D eigenvalue weighted by Crippen LogP contribution is -2.26. The standard InChI is InChI=1S/C14H20O2/c1-14(2,3)13(16)10-12(15)9-11-7-5-4-6-8-11/h4-8,12,15H,9-10H2,1-3H3. The highest BCUT2D eigenvalue weighted by Gasteiger charge is 2.23. The average molecular weight is 220 g/mol. The van der Waals surface area contributed by atoms with Crippen molar-refractivity contribution < 1.29 is 9.90 Å². The largest absolute Gasteiger partial charge is 0.392 e. The van der Waals surface area contributed by atoms with Crippen molar-refractivity contribution in [3.05, 3.63) is 35.9 Å². The molecule has 1 aromatic carbocycles. The smallest absolute Gasteiger partial charge is 0.140 e. The Bertz CT molecular complexity index is 336. The number of rotatable bonds is 4. The highest BCUT2D eigenvalue weighted by Crippen LogP contribution is 2.18. The molecular formula is C14H20O2. The molecule has 1 aromatic rings. The van der Waals surface area contributed by atoms with Gasteiger partial charge in [0.1, 0.15) is 5.78 Å². The van der Waals surface area contributed by atoms with E-state index in [-0.39, 0.29) is 17.6 Å². The Hall–Kier alpha value is -1.15. The van der Waals surface area contributed by atoms with E-state index in [2.05, 4.69) is 0 Å². The first-order chi connectivity index (χ1) is 7.39. The molecule has 0 heterocycles. The summed E-state index contributed by atoms with van der Waals surface area (Å²) in [5.41, 5.74) is 0.703. The first-order valence-electron chi connectivity index (χ1n) is 5.65. The molecule has 0 spiro atoms. The Morgan fingerprint density at radius 3 is 2.31 bits per heavy atom. The predicted octanol–water partition coefficient (Wildman–Crippen LogP) is 2.60. The number of carbonyl (C=O) groups is 1. The summed E-state index contributed by atoms with van der Waals surface area (Å²) >= 11 is 0. The lowest BCUT2D eigenvalue weighted by Gasteiger charge is -2.19. The van der Waals surface area contributed by atoms with Gasteiger partial charge in [0, 0.05) is 11.8 Å². The monoisotopic (exact) mass is 220 g/mol. The normalized spacial score (nSPS) is 13.5. The SMILES string of the molecule is CC(C)(C)C(=O)CC(O)Cc1ccccc1. The summed E-state index contributed by atoms with van der Waals surface area (Å²) in [6.07, 6.45) is 0.204. The van der Waals surface area contributed by atoms with E-state index in [0.29, 0.717) is 6.42 Å². The Balaban J connectivity index is 2.49. The van der Waals surface area contributed by atoms with E-state index in [1.807, 2.05) is 51.1 Å². The molecule has 0 aromatic heterocycles. The zero-order valence-corrected chi connectivity index (χ0v) is 10.2. The van der Waals surface area contributed by atoms with Crippen LogP contribution in [0, 0.1) is 5.41 Å². The molecule has 0 radical (unpaired) electrons. The van der Waals surface area contributed by atoms with Gasteiger partial charge in [-0.1, -0.05) is 51.1 Å².